The second-order valence-electron chi connectivity index (χ2n) is 9.06. The summed E-state index contributed by atoms with van der Waals surface area (Å²) in [6.07, 6.45) is 6.21. The van der Waals surface area contributed by atoms with Crippen molar-refractivity contribution in [3.8, 4) is 11.8 Å². The average molecular weight is 450 g/mol. The van der Waals surface area contributed by atoms with E-state index >= 15 is 0 Å². The van der Waals surface area contributed by atoms with Crippen molar-refractivity contribution in [3.05, 3.63) is 15.8 Å². The largest absolute Gasteiger partial charge is 0.465 e. The van der Waals surface area contributed by atoms with E-state index in [9.17, 15) is 9.90 Å². The van der Waals surface area contributed by atoms with Gasteiger partial charge in [-0.3, -0.25) is 0 Å². The van der Waals surface area contributed by atoms with E-state index in [1.165, 1.54) is 18.4 Å². The molecule has 31 heavy (non-hydrogen) atoms. The molecule has 3 rings (SSSR count). The molecule has 6 nitrogen and oxygen atoms in total. The number of ether oxygens (including phenoxy) is 3. The number of hydrogen-bond donors (Lipinski definition) is 2. The van der Waals surface area contributed by atoms with Crippen molar-refractivity contribution in [1.29, 1.82) is 0 Å². The fraction of sp³-hybridized carbons (Fsp3) is 0.708. The van der Waals surface area contributed by atoms with Crippen LogP contribution in [0.5, 0.6) is 0 Å². The van der Waals surface area contributed by atoms with E-state index in [-0.39, 0.29) is 23.5 Å². The van der Waals surface area contributed by atoms with Gasteiger partial charge in [0, 0.05) is 31.3 Å². The molecular formula is C24H35NO5S. The van der Waals surface area contributed by atoms with Crippen molar-refractivity contribution >= 4 is 23.0 Å². The highest BCUT2D eigenvalue weighted by atomic mass is 32.1. The lowest BCUT2D eigenvalue weighted by Gasteiger charge is -2.26. The molecule has 0 aromatic carbocycles. The van der Waals surface area contributed by atoms with E-state index in [1.54, 1.807) is 0 Å². The summed E-state index contributed by atoms with van der Waals surface area (Å²) in [5.41, 5.74) is 0.594. The summed E-state index contributed by atoms with van der Waals surface area (Å²) < 4.78 is 16.3. The Kier molecular flexibility index (Phi) is 8.79. The molecule has 2 fully saturated rings. The van der Waals surface area contributed by atoms with Crippen LogP contribution in [0.25, 0.3) is 0 Å². The number of nitrogens with one attached hydrogen (secondary N) is 1. The molecule has 0 radical (unpaired) electrons. The number of carbonyl (C=O) groups excluding carboxylic acids is 1. The van der Waals surface area contributed by atoms with Crippen LogP contribution >= 0.6 is 11.3 Å². The van der Waals surface area contributed by atoms with Crippen LogP contribution in [-0.4, -0.2) is 56.3 Å². The maximum absolute atomic E-state index is 12.3. The summed E-state index contributed by atoms with van der Waals surface area (Å²) in [6.45, 7) is 6.49. The number of hydrogen-bond acceptors (Lipinski definition) is 7. The molecule has 2 heterocycles. The van der Waals surface area contributed by atoms with Gasteiger partial charge < -0.3 is 24.6 Å². The molecule has 0 bridgehead atoms. The quantitative estimate of drug-likeness (QED) is 0.480. The minimum absolute atomic E-state index is 0.187. The molecule has 1 aliphatic heterocycles. The van der Waals surface area contributed by atoms with Crippen LogP contribution in [0.15, 0.2) is 6.07 Å². The first-order chi connectivity index (χ1) is 14.9. The van der Waals surface area contributed by atoms with Gasteiger partial charge in [-0.1, -0.05) is 11.8 Å². The Morgan fingerprint density at radius 1 is 1.26 bits per heavy atom. The highest BCUT2D eigenvalue weighted by Gasteiger charge is 2.23. The molecule has 0 amide bonds. The van der Waals surface area contributed by atoms with Gasteiger partial charge in [0.1, 0.15) is 4.88 Å². The average Bonchev–Trinajstić information content (AvgIpc) is 3.17. The number of aliphatic hydroxyl groups is 1. The van der Waals surface area contributed by atoms with Crippen LogP contribution in [0.1, 0.15) is 73.3 Å². The van der Waals surface area contributed by atoms with Gasteiger partial charge in [0.2, 0.25) is 0 Å². The van der Waals surface area contributed by atoms with E-state index in [2.05, 4.69) is 31.0 Å². The van der Waals surface area contributed by atoms with E-state index in [4.69, 9.17) is 14.2 Å². The van der Waals surface area contributed by atoms with Crippen molar-refractivity contribution in [1.82, 2.24) is 0 Å². The Bertz CT molecular complexity index is 780. The lowest BCUT2D eigenvalue weighted by Crippen LogP contribution is -2.28. The minimum atomic E-state index is -0.347. The van der Waals surface area contributed by atoms with Crippen molar-refractivity contribution in [2.45, 2.75) is 77.0 Å². The lowest BCUT2D eigenvalue weighted by atomic mass is 9.90. The molecule has 0 spiro atoms. The van der Waals surface area contributed by atoms with E-state index < -0.39 is 0 Å². The number of thiophene rings is 1. The number of anilines is 1. The van der Waals surface area contributed by atoms with Gasteiger partial charge in [-0.2, -0.15) is 0 Å². The van der Waals surface area contributed by atoms with Crippen LogP contribution in [-0.2, 0) is 14.2 Å². The summed E-state index contributed by atoms with van der Waals surface area (Å²) in [5, 5.41) is 13.2. The zero-order valence-electron chi connectivity index (χ0n) is 18.9. The smallest absolute Gasteiger partial charge is 0.350 e. The predicted octanol–water partition coefficient (Wildman–Crippen LogP) is 4.21. The van der Waals surface area contributed by atoms with Crippen LogP contribution in [0.4, 0.5) is 5.69 Å². The third-order valence-corrected chi connectivity index (χ3v) is 6.96. The standard InChI is InChI=1S/C24H35NO5S/c1-24(2,12-15-30-19-9-13-29-14-10-19)11-8-20-16-21(22(31-20)23(27)28-3)25-17-4-6-18(26)7-5-17/h16-19,25-26H,4-7,9-10,12-15H2,1-3H3/t17-,18-. The molecule has 1 aliphatic carbocycles. The molecule has 2 N–H and O–H groups in total. The Hall–Kier alpha value is -1.59. The molecule has 1 saturated carbocycles. The summed E-state index contributed by atoms with van der Waals surface area (Å²) >= 11 is 1.36. The fourth-order valence-corrected chi connectivity index (χ4v) is 4.75. The van der Waals surface area contributed by atoms with Gasteiger partial charge in [0.05, 0.1) is 29.9 Å². The van der Waals surface area contributed by atoms with Crippen LogP contribution in [0, 0.1) is 17.3 Å². The molecule has 2 aliphatic rings. The molecule has 1 aromatic heterocycles. The van der Waals surface area contributed by atoms with Crippen molar-refractivity contribution in [3.63, 3.8) is 0 Å². The van der Waals surface area contributed by atoms with Crippen molar-refractivity contribution in [2.24, 2.45) is 5.41 Å². The predicted molar refractivity (Wildman–Crippen MR) is 123 cm³/mol. The number of methoxy groups -OCH3 is 1. The van der Waals surface area contributed by atoms with Gasteiger partial charge in [-0.25, -0.2) is 4.79 Å². The highest BCUT2D eigenvalue weighted by molar-refractivity contribution is 7.15. The number of carbonyl (C=O) groups is 1. The van der Waals surface area contributed by atoms with Gasteiger partial charge >= 0.3 is 5.97 Å². The molecule has 1 aromatic rings. The first-order valence-corrected chi connectivity index (χ1v) is 12.1. The topological polar surface area (TPSA) is 77.0 Å². The Balaban J connectivity index is 1.61. The minimum Gasteiger partial charge on any atom is -0.465 e. The van der Waals surface area contributed by atoms with Gasteiger partial charge in [0.25, 0.3) is 0 Å². The maximum Gasteiger partial charge on any atom is 0.350 e. The SMILES string of the molecule is COC(=O)c1sc(C#CC(C)(C)CCOC2CCOCC2)cc1N[C@H]1CC[C@H](O)CC1. The van der Waals surface area contributed by atoms with Crippen molar-refractivity contribution in [2.75, 3.05) is 32.2 Å². The number of esters is 1. The van der Waals surface area contributed by atoms with E-state index in [0.717, 1.165) is 68.7 Å². The molecule has 0 unspecified atom stereocenters. The van der Waals surface area contributed by atoms with Gasteiger partial charge in [0.15, 0.2) is 0 Å². The van der Waals surface area contributed by atoms with E-state index in [1.807, 2.05) is 6.07 Å². The molecule has 1 saturated heterocycles. The van der Waals surface area contributed by atoms with Crippen molar-refractivity contribution < 1.29 is 24.1 Å². The number of aliphatic hydroxyl groups excluding tert-OH is 1. The monoisotopic (exact) mass is 449 g/mol. The number of rotatable bonds is 7. The second-order valence-corrected chi connectivity index (χ2v) is 10.1. The summed E-state index contributed by atoms with van der Waals surface area (Å²) in [4.78, 5) is 13.7. The zero-order chi connectivity index (χ0) is 22.3. The molecule has 172 valence electrons. The van der Waals surface area contributed by atoms with E-state index in [0.29, 0.717) is 17.6 Å². The molecule has 0 atom stereocenters. The lowest BCUT2D eigenvalue weighted by molar-refractivity contribution is -0.0362. The van der Waals surface area contributed by atoms with Gasteiger partial charge in [-0.15, -0.1) is 11.3 Å². The fourth-order valence-electron chi connectivity index (χ4n) is 3.86. The Morgan fingerprint density at radius 2 is 1.97 bits per heavy atom. The maximum atomic E-state index is 12.3. The van der Waals surface area contributed by atoms with Gasteiger partial charge in [-0.05, 0) is 64.9 Å². The Morgan fingerprint density at radius 3 is 2.65 bits per heavy atom. The summed E-state index contributed by atoms with van der Waals surface area (Å²) in [5.74, 6) is 6.28. The molecule has 7 heteroatoms. The second kappa shape index (κ2) is 11.3. The molecular weight excluding hydrogens is 414 g/mol. The Labute approximate surface area is 189 Å². The zero-order valence-corrected chi connectivity index (χ0v) is 19.7. The van der Waals surface area contributed by atoms with Crippen LogP contribution < -0.4 is 5.32 Å². The highest BCUT2D eigenvalue weighted by Crippen LogP contribution is 2.31. The normalized spacial score (nSPS) is 22.5. The van der Waals surface area contributed by atoms with Crippen LogP contribution in [0.2, 0.25) is 0 Å². The van der Waals surface area contributed by atoms with Crippen LogP contribution in [0.3, 0.4) is 0 Å². The summed E-state index contributed by atoms with van der Waals surface area (Å²) in [6, 6.07) is 2.20. The third kappa shape index (κ3) is 7.50. The first kappa shape index (κ1) is 24.1. The first-order valence-electron chi connectivity index (χ1n) is 11.3. The summed E-state index contributed by atoms with van der Waals surface area (Å²) in [7, 11) is 1.40. The third-order valence-electron chi connectivity index (χ3n) is 5.93.